The van der Waals surface area contributed by atoms with Gasteiger partial charge in [-0.25, -0.2) is 4.39 Å². The molecular weight excluding hydrogens is 255 g/mol. The summed E-state index contributed by atoms with van der Waals surface area (Å²) in [6, 6.07) is 7.87. The van der Waals surface area contributed by atoms with Crippen LogP contribution in [0.2, 0.25) is 0 Å². The smallest absolute Gasteiger partial charge is 0.223 e. The van der Waals surface area contributed by atoms with Crippen molar-refractivity contribution in [1.82, 2.24) is 10.6 Å². The van der Waals surface area contributed by atoms with Crippen LogP contribution in [0.1, 0.15) is 36.8 Å². The van der Waals surface area contributed by atoms with E-state index in [1.807, 2.05) is 25.2 Å². The summed E-state index contributed by atoms with van der Waals surface area (Å²) in [5.74, 6) is 0.213. The highest BCUT2D eigenvalue weighted by atomic mass is 19.1. The molecule has 1 aromatic carbocycles. The fraction of sp³-hybridized carbons (Fsp3) is 0.562. The average molecular weight is 278 g/mol. The van der Waals surface area contributed by atoms with E-state index in [-0.39, 0.29) is 11.8 Å². The third-order valence-electron chi connectivity index (χ3n) is 4.22. The van der Waals surface area contributed by atoms with Crippen LogP contribution in [0.5, 0.6) is 0 Å². The minimum absolute atomic E-state index is 0.105. The summed E-state index contributed by atoms with van der Waals surface area (Å²) in [7, 11) is 1.97. The van der Waals surface area contributed by atoms with E-state index in [1.54, 1.807) is 6.07 Å². The van der Waals surface area contributed by atoms with E-state index in [9.17, 15) is 9.18 Å². The SMILES string of the molecule is CNC1CCC(C(=O)NCc2ccccc2CF)CC1. The standard InChI is InChI=1S/C16H23FN2O/c1-18-15-8-6-12(7-9-15)16(20)19-11-14-5-3-2-4-13(14)10-17/h2-5,12,15,18H,6-11H2,1H3,(H,19,20). The predicted molar refractivity (Wildman–Crippen MR) is 77.9 cm³/mol. The fourth-order valence-electron chi connectivity index (χ4n) is 2.83. The lowest BCUT2D eigenvalue weighted by Gasteiger charge is -2.27. The Bertz CT molecular complexity index is 442. The van der Waals surface area contributed by atoms with E-state index in [2.05, 4.69) is 10.6 Å². The van der Waals surface area contributed by atoms with Gasteiger partial charge in [-0.05, 0) is 43.9 Å². The van der Waals surface area contributed by atoms with Gasteiger partial charge in [0.25, 0.3) is 0 Å². The Morgan fingerprint density at radius 2 is 1.85 bits per heavy atom. The number of rotatable bonds is 5. The summed E-state index contributed by atoms with van der Waals surface area (Å²) in [4.78, 5) is 12.1. The van der Waals surface area contributed by atoms with E-state index in [4.69, 9.17) is 0 Å². The number of carbonyl (C=O) groups is 1. The van der Waals surface area contributed by atoms with Crippen molar-refractivity contribution >= 4 is 5.91 Å². The lowest BCUT2D eigenvalue weighted by Crippen LogP contribution is -2.37. The number of hydrogen-bond donors (Lipinski definition) is 2. The first-order valence-electron chi connectivity index (χ1n) is 7.32. The van der Waals surface area contributed by atoms with Gasteiger partial charge in [-0.2, -0.15) is 0 Å². The van der Waals surface area contributed by atoms with Crippen molar-refractivity contribution in [3.8, 4) is 0 Å². The lowest BCUT2D eigenvalue weighted by molar-refractivity contribution is -0.126. The number of alkyl halides is 1. The molecule has 0 aliphatic heterocycles. The molecule has 3 nitrogen and oxygen atoms in total. The summed E-state index contributed by atoms with van der Waals surface area (Å²) in [6.07, 6.45) is 3.97. The molecule has 0 aromatic heterocycles. The van der Waals surface area contributed by atoms with Gasteiger partial charge in [0.15, 0.2) is 0 Å². The van der Waals surface area contributed by atoms with E-state index >= 15 is 0 Å². The first kappa shape index (κ1) is 15.0. The minimum atomic E-state index is -0.487. The number of carbonyl (C=O) groups excluding carboxylic acids is 1. The van der Waals surface area contributed by atoms with Crippen LogP contribution in [0.4, 0.5) is 4.39 Å². The van der Waals surface area contributed by atoms with Gasteiger partial charge < -0.3 is 10.6 Å². The maximum atomic E-state index is 12.8. The Morgan fingerprint density at radius 3 is 2.45 bits per heavy atom. The lowest BCUT2D eigenvalue weighted by atomic mass is 9.85. The van der Waals surface area contributed by atoms with Crippen LogP contribution in [-0.4, -0.2) is 19.0 Å². The quantitative estimate of drug-likeness (QED) is 0.869. The molecule has 0 saturated heterocycles. The monoisotopic (exact) mass is 278 g/mol. The highest BCUT2D eigenvalue weighted by molar-refractivity contribution is 5.78. The molecule has 0 heterocycles. The highest BCUT2D eigenvalue weighted by Crippen LogP contribution is 2.24. The maximum absolute atomic E-state index is 12.8. The van der Waals surface area contributed by atoms with E-state index in [0.29, 0.717) is 18.2 Å². The second kappa shape index (κ2) is 7.39. The van der Waals surface area contributed by atoms with Crippen molar-refractivity contribution < 1.29 is 9.18 Å². The van der Waals surface area contributed by atoms with Gasteiger partial charge in [0.05, 0.1) is 0 Å². The molecule has 1 aliphatic carbocycles. The Labute approximate surface area is 120 Å². The summed E-state index contributed by atoms with van der Waals surface area (Å²) >= 11 is 0. The van der Waals surface area contributed by atoms with Gasteiger partial charge in [0, 0.05) is 18.5 Å². The molecule has 1 saturated carbocycles. The summed E-state index contributed by atoms with van der Waals surface area (Å²) in [5.41, 5.74) is 1.53. The Hall–Kier alpha value is -1.42. The van der Waals surface area contributed by atoms with Crippen molar-refractivity contribution in [2.24, 2.45) is 5.92 Å². The van der Waals surface area contributed by atoms with Gasteiger partial charge in [0.2, 0.25) is 5.91 Å². The molecule has 4 heteroatoms. The number of benzene rings is 1. The first-order chi connectivity index (χ1) is 9.74. The molecule has 1 aliphatic rings. The first-order valence-corrected chi connectivity index (χ1v) is 7.32. The van der Waals surface area contributed by atoms with Crippen LogP contribution in [-0.2, 0) is 18.0 Å². The molecular formula is C16H23FN2O. The molecule has 0 spiro atoms. The van der Waals surface area contributed by atoms with Crippen molar-refractivity contribution in [2.45, 2.75) is 44.9 Å². The third kappa shape index (κ3) is 3.79. The zero-order valence-electron chi connectivity index (χ0n) is 12.0. The van der Waals surface area contributed by atoms with Crippen LogP contribution < -0.4 is 10.6 Å². The predicted octanol–water partition coefficient (Wildman–Crippen LogP) is 2.55. The zero-order chi connectivity index (χ0) is 14.4. The molecule has 0 bridgehead atoms. The number of hydrogen-bond acceptors (Lipinski definition) is 2. The molecule has 0 radical (unpaired) electrons. The number of halogens is 1. The fourth-order valence-corrected chi connectivity index (χ4v) is 2.83. The number of amides is 1. The minimum Gasteiger partial charge on any atom is -0.352 e. The van der Waals surface area contributed by atoms with Gasteiger partial charge in [-0.3, -0.25) is 4.79 Å². The second-order valence-electron chi connectivity index (χ2n) is 5.46. The largest absolute Gasteiger partial charge is 0.352 e. The van der Waals surface area contributed by atoms with E-state index in [0.717, 1.165) is 31.2 Å². The van der Waals surface area contributed by atoms with Gasteiger partial charge in [0.1, 0.15) is 6.67 Å². The van der Waals surface area contributed by atoms with Crippen molar-refractivity contribution in [1.29, 1.82) is 0 Å². The van der Waals surface area contributed by atoms with Crippen LogP contribution in [0.15, 0.2) is 24.3 Å². The Kier molecular flexibility index (Phi) is 5.53. The van der Waals surface area contributed by atoms with Crippen LogP contribution in [0.3, 0.4) is 0 Å². The van der Waals surface area contributed by atoms with E-state index in [1.165, 1.54) is 0 Å². The summed E-state index contributed by atoms with van der Waals surface area (Å²) in [6.45, 7) is -0.0653. The average Bonchev–Trinajstić information content (AvgIpc) is 2.53. The van der Waals surface area contributed by atoms with Crippen LogP contribution in [0, 0.1) is 5.92 Å². The van der Waals surface area contributed by atoms with E-state index < -0.39 is 6.67 Å². The van der Waals surface area contributed by atoms with Crippen molar-refractivity contribution in [2.75, 3.05) is 7.05 Å². The maximum Gasteiger partial charge on any atom is 0.223 e. The zero-order valence-corrected chi connectivity index (χ0v) is 12.0. The molecule has 1 fully saturated rings. The topological polar surface area (TPSA) is 41.1 Å². The summed E-state index contributed by atoms with van der Waals surface area (Å²) < 4.78 is 12.8. The second-order valence-corrected chi connectivity index (χ2v) is 5.46. The Morgan fingerprint density at radius 1 is 1.20 bits per heavy atom. The molecule has 2 rings (SSSR count). The van der Waals surface area contributed by atoms with Crippen LogP contribution >= 0.6 is 0 Å². The van der Waals surface area contributed by atoms with Gasteiger partial charge in [-0.1, -0.05) is 24.3 Å². The number of nitrogens with one attached hydrogen (secondary N) is 2. The molecule has 1 aromatic rings. The van der Waals surface area contributed by atoms with Crippen molar-refractivity contribution in [3.63, 3.8) is 0 Å². The molecule has 1 amide bonds. The molecule has 20 heavy (non-hydrogen) atoms. The molecule has 0 unspecified atom stereocenters. The molecule has 110 valence electrons. The van der Waals surface area contributed by atoms with Gasteiger partial charge >= 0.3 is 0 Å². The Balaban J connectivity index is 1.83. The van der Waals surface area contributed by atoms with Crippen LogP contribution in [0.25, 0.3) is 0 Å². The normalized spacial score (nSPS) is 22.5. The third-order valence-corrected chi connectivity index (χ3v) is 4.22. The highest BCUT2D eigenvalue weighted by Gasteiger charge is 2.25. The summed E-state index contributed by atoms with van der Waals surface area (Å²) in [5, 5.41) is 6.21. The van der Waals surface area contributed by atoms with Gasteiger partial charge in [-0.15, -0.1) is 0 Å². The molecule has 0 atom stereocenters. The molecule has 2 N–H and O–H groups in total. The van der Waals surface area contributed by atoms with Crippen molar-refractivity contribution in [3.05, 3.63) is 35.4 Å².